The molecule has 0 aromatic heterocycles. The Kier molecular flexibility index (Phi) is 21.6. The van der Waals surface area contributed by atoms with Gasteiger partial charge in [0, 0.05) is 0 Å². The molecular weight excluding hydrogens is 449 g/mol. The van der Waals surface area contributed by atoms with Gasteiger partial charge in [-0.15, -0.1) is 0 Å². The molecule has 20 radical (unpaired) electrons. The lowest BCUT2D eigenvalue weighted by atomic mass is 11.9. The normalized spacial score (nSPS) is 11.4. The van der Waals surface area contributed by atoms with Crippen molar-refractivity contribution < 1.29 is 37.0 Å². The first-order chi connectivity index (χ1) is 10.3. The van der Waals surface area contributed by atoms with E-state index in [-0.39, 0.29) is 80.1 Å². The van der Waals surface area contributed by atoms with E-state index in [1.54, 1.807) is 0 Å². The van der Waals surface area contributed by atoms with E-state index in [1.165, 1.54) is 0 Å². The lowest BCUT2D eigenvalue weighted by Gasteiger charge is -2.04. The van der Waals surface area contributed by atoms with Crippen LogP contribution < -0.4 is 0 Å². The molecule has 0 unspecified atom stereocenters. The highest BCUT2D eigenvalue weighted by molar-refractivity contribution is 6.56. The fourth-order valence-electron chi connectivity index (χ4n) is 0.369. The lowest BCUT2D eigenvalue weighted by molar-refractivity contribution is 0.364. The van der Waals surface area contributed by atoms with Crippen LogP contribution >= 0.6 is 0 Å². The zero-order valence-corrected chi connectivity index (χ0v) is 20.7. The minimum atomic E-state index is -0.702. The minimum Gasteiger partial charge on any atom is -0.435 e. The lowest BCUT2D eigenvalue weighted by Crippen LogP contribution is -2.22. The molecule has 19 heteroatoms. The minimum absolute atomic E-state index is 0.0252. The van der Waals surface area contributed by atoms with E-state index in [9.17, 15) is 0 Å². The highest BCUT2D eigenvalue weighted by atomic mass is 28.4. The molecule has 0 atom stereocenters. The summed E-state index contributed by atoms with van der Waals surface area (Å²) >= 11 is 0. The van der Waals surface area contributed by atoms with Crippen molar-refractivity contribution in [3.8, 4) is 0 Å². The molecule has 0 amide bonds. The Hall–Kier alpha value is 1.81. The maximum absolute atomic E-state index is 5.29. The molecule has 0 saturated carbocycles. The van der Waals surface area contributed by atoms with Gasteiger partial charge in [-0.25, -0.2) is 0 Å². The van der Waals surface area contributed by atoms with Gasteiger partial charge in [-0.2, -0.15) is 0 Å². The molecule has 0 bridgehead atoms. The number of hydrogen-bond acceptors (Lipinski definition) is 9. The first-order valence-corrected chi connectivity index (χ1v) is 14.0. The third-order valence-electron chi connectivity index (χ3n) is 0.871. The van der Waals surface area contributed by atoms with Gasteiger partial charge in [0.1, 0.15) is 0 Å². The van der Waals surface area contributed by atoms with Crippen molar-refractivity contribution in [1.82, 2.24) is 0 Å². The Morgan fingerprint density at radius 1 is 0.571 bits per heavy atom. The third kappa shape index (κ3) is 21.8. The van der Waals surface area contributed by atoms with Crippen molar-refractivity contribution in [2.75, 3.05) is 0 Å². The summed E-state index contributed by atoms with van der Waals surface area (Å²) in [6.07, 6.45) is 0. The van der Waals surface area contributed by atoms with Gasteiger partial charge in [0.2, 0.25) is 10.5 Å². The topological polar surface area (TPSA) is 83.1 Å². The number of rotatable bonds is 17. The van der Waals surface area contributed by atoms with Gasteiger partial charge in [0.25, 0.3) is 0 Å². The predicted octanol–water partition coefficient (Wildman–Crippen LogP) is -3.26. The van der Waals surface area contributed by atoms with Crippen LogP contribution in [0.3, 0.4) is 0 Å². The summed E-state index contributed by atoms with van der Waals surface area (Å²) in [4.78, 5) is 0. The Labute approximate surface area is 149 Å². The SMILES string of the molecule is C[Si](C)O[Si]O[Si]O[Si]O[Si]O[Si]O[Si]O[Si]O[Si]O[Si]. The second-order valence-corrected chi connectivity index (χ2v) is 13.0. The van der Waals surface area contributed by atoms with Gasteiger partial charge in [-0.1, -0.05) is 0 Å². The predicted molar refractivity (Wildman–Crippen MR) is 79.0 cm³/mol. The molecule has 9 nitrogen and oxygen atoms in total. The fourth-order valence-corrected chi connectivity index (χ4v) is 6.32. The maximum atomic E-state index is 5.29. The summed E-state index contributed by atoms with van der Waals surface area (Å²) in [7, 11) is 1.21. The van der Waals surface area contributed by atoms with Gasteiger partial charge in [-0.3, -0.25) is 0 Å². The average molecular weight is 455 g/mol. The Morgan fingerprint density at radius 3 is 1.24 bits per heavy atom. The molecule has 0 aliphatic carbocycles. The van der Waals surface area contributed by atoms with Crippen molar-refractivity contribution in [3.63, 3.8) is 0 Å². The van der Waals surface area contributed by atoms with E-state index in [0.29, 0.717) is 0 Å². The standard InChI is InChI=1S/C2H6O9Si10/c1-21(2)11-20-10-19-9-18-8-17-7-16-6-15-5-14-4-13-3-12/h1-2H3. The van der Waals surface area contributed by atoms with Crippen molar-refractivity contribution in [2.45, 2.75) is 13.1 Å². The molecule has 0 saturated heterocycles. The highest BCUT2D eigenvalue weighted by Gasteiger charge is 2.04. The fraction of sp³-hybridized carbons (Fsp3) is 1.00. The average Bonchev–Trinajstić information content (AvgIpc) is 2.46. The largest absolute Gasteiger partial charge is 0.435 e. The second-order valence-electron chi connectivity index (χ2n) is 2.49. The Bertz CT molecular complexity index is 199. The zero-order valence-electron chi connectivity index (χ0n) is 10.7. The van der Waals surface area contributed by atoms with E-state index < -0.39 is 9.04 Å². The van der Waals surface area contributed by atoms with Crippen LogP contribution in [0.25, 0.3) is 0 Å². The summed E-state index contributed by atoms with van der Waals surface area (Å²) in [6, 6.07) is 0. The summed E-state index contributed by atoms with van der Waals surface area (Å²) in [5.74, 6) is 0. The first kappa shape index (κ1) is 22.8. The quantitative estimate of drug-likeness (QED) is 0.166. The van der Waals surface area contributed by atoms with Crippen LogP contribution in [0.1, 0.15) is 0 Å². The van der Waals surface area contributed by atoms with Crippen LogP contribution in [0.15, 0.2) is 0 Å². The summed E-state index contributed by atoms with van der Waals surface area (Å²) in [5.41, 5.74) is 0. The van der Waals surface area contributed by atoms with E-state index in [0.717, 1.165) is 0 Å². The molecular formula is C2H6O9Si10. The van der Waals surface area contributed by atoms with E-state index >= 15 is 0 Å². The molecule has 0 aliphatic rings. The Morgan fingerprint density at radius 2 is 0.905 bits per heavy atom. The van der Waals surface area contributed by atoms with Gasteiger partial charge < -0.3 is 37.0 Å². The van der Waals surface area contributed by atoms with Crippen LogP contribution in [-0.2, 0) is 37.0 Å². The molecule has 0 aliphatic heterocycles. The molecule has 0 aromatic carbocycles. The maximum Gasteiger partial charge on any atom is 0.412 e. The summed E-state index contributed by atoms with van der Waals surface area (Å²) in [6.45, 7) is 4.07. The highest BCUT2D eigenvalue weighted by Crippen LogP contribution is 1.82. The van der Waals surface area contributed by atoms with Crippen LogP contribution in [0.2, 0.25) is 13.1 Å². The molecule has 0 rings (SSSR count). The number of hydrogen-bond donors (Lipinski definition) is 0. The van der Waals surface area contributed by atoms with Crippen molar-refractivity contribution in [2.24, 2.45) is 0 Å². The molecule has 108 valence electrons. The Balaban J connectivity index is 2.93. The zero-order chi connectivity index (χ0) is 15.6. The second kappa shape index (κ2) is 19.9. The molecule has 0 spiro atoms. The van der Waals surface area contributed by atoms with Gasteiger partial charge in [-0.05, 0) is 13.1 Å². The molecule has 0 fully saturated rings. The van der Waals surface area contributed by atoms with E-state index in [2.05, 4.69) is 14.6 Å². The first-order valence-electron chi connectivity index (χ1n) is 4.67. The third-order valence-corrected chi connectivity index (χ3v) is 7.84. The molecule has 0 N–H and O–H groups in total. The summed E-state index contributed by atoms with van der Waals surface area (Å²) < 4.78 is 45.0. The van der Waals surface area contributed by atoms with Crippen LogP contribution in [0.5, 0.6) is 0 Å². The van der Waals surface area contributed by atoms with Gasteiger partial charge >= 0.3 is 80.1 Å². The van der Waals surface area contributed by atoms with Crippen molar-refractivity contribution in [1.29, 1.82) is 0 Å². The summed E-state index contributed by atoms with van der Waals surface area (Å²) in [5, 5.41) is 0. The van der Waals surface area contributed by atoms with Crippen LogP contribution in [-0.4, -0.2) is 99.6 Å². The van der Waals surface area contributed by atoms with E-state index in [1.807, 2.05) is 13.1 Å². The van der Waals surface area contributed by atoms with Crippen LogP contribution in [0, 0.1) is 0 Å². The van der Waals surface area contributed by atoms with Crippen molar-refractivity contribution in [3.05, 3.63) is 0 Å². The van der Waals surface area contributed by atoms with Crippen molar-refractivity contribution >= 4 is 99.6 Å². The van der Waals surface area contributed by atoms with Gasteiger partial charge in [0.05, 0.1) is 0 Å². The van der Waals surface area contributed by atoms with Gasteiger partial charge in [0.15, 0.2) is 9.04 Å². The molecule has 0 heterocycles. The smallest absolute Gasteiger partial charge is 0.412 e. The molecule has 0 aromatic rings. The van der Waals surface area contributed by atoms with E-state index in [4.69, 9.17) is 32.9 Å². The monoisotopic (exact) mass is 454 g/mol. The molecule has 21 heavy (non-hydrogen) atoms. The van der Waals surface area contributed by atoms with Crippen LogP contribution in [0.4, 0.5) is 0 Å².